The van der Waals surface area contributed by atoms with Crippen LogP contribution >= 0.6 is 36.4 Å². The monoisotopic (exact) mass is 393 g/mol. The maximum absolute atomic E-state index is 12.5. The summed E-state index contributed by atoms with van der Waals surface area (Å²) in [5, 5.41) is 3.74. The molecule has 3 N–H and O–H groups in total. The summed E-state index contributed by atoms with van der Waals surface area (Å²) in [4.78, 5) is 14.8. The smallest absolute Gasteiger partial charge is 0.227 e. The Labute approximate surface area is 161 Å². The lowest BCUT2D eigenvalue weighted by Crippen LogP contribution is -2.31. The highest BCUT2D eigenvalue weighted by atomic mass is 35.5. The van der Waals surface area contributed by atoms with E-state index in [9.17, 15) is 4.79 Å². The lowest BCUT2D eigenvalue weighted by atomic mass is 10.1. The van der Waals surface area contributed by atoms with E-state index in [2.05, 4.69) is 10.2 Å². The summed E-state index contributed by atoms with van der Waals surface area (Å²) in [5.41, 5.74) is 7.83. The van der Waals surface area contributed by atoms with Gasteiger partial charge in [0.1, 0.15) is 0 Å². The zero-order valence-electron chi connectivity index (χ0n) is 13.7. The molecule has 0 radical (unpaired) electrons. The first kappa shape index (κ1) is 21.4. The van der Waals surface area contributed by atoms with Crippen LogP contribution < -0.4 is 16.0 Å². The first-order valence-corrected chi connectivity index (χ1v) is 8.62. The van der Waals surface area contributed by atoms with Crippen LogP contribution in [0.1, 0.15) is 38.5 Å². The zero-order chi connectivity index (χ0) is 15.5. The van der Waals surface area contributed by atoms with Crippen LogP contribution in [0.15, 0.2) is 18.2 Å². The third-order valence-corrected chi connectivity index (χ3v) is 4.99. The average Bonchev–Trinajstić information content (AvgIpc) is 2.95. The first-order chi connectivity index (χ1) is 10.6. The van der Waals surface area contributed by atoms with Gasteiger partial charge < -0.3 is 16.0 Å². The first-order valence-electron chi connectivity index (χ1n) is 8.24. The van der Waals surface area contributed by atoms with Crippen molar-refractivity contribution >= 4 is 53.7 Å². The highest BCUT2D eigenvalue weighted by molar-refractivity contribution is 6.31. The molecule has 2 aliphatic rings. The number of benzene rings is 1. The number of carbonyl (C=O) groups excluding carboxylic acids is 1. The molecule has 136 valence electrons. The molecule has 2 unspecified atom stereocenters. The number of hydrogen-bond acceptors (Lipinski definition) is 3. The Hall–Kier alpha value is -0.680. The molecular weight excluding hydrogens is 369 g/mol. The van der Waals surface area contributed by atoms with E-state index in [1.807, 2.05) is 18.2 Å². The van der Waals surface area contributed by atoms with Crippen molar-refractivity contribution in [2.75, 3.05) is 23.3 Å². The number of rotatable bonds is 3. The normalized spacial score (nSPS) is 23.2. The Bertz CT molecular complexity index is 550. The van der Waals surface area contributed by atoms with Crippen LogP contribution in [0.4, 0.5) is 11.4 Å². The zero-order valence-corrected chi connectivity index (χ0v) is 16.1. The summed E-state index contributed by atoms with van der Waals surface area (Å²) in [7, 11) is 0. The van der Waals surface area contributed by atoms with Gasteiger partial charge >= 0.3 is 0 Å². The Balaban J connectivity index is 0.00000144. The van der Waals surface area contributed by atoms with E-state index in [-0.39, 0.29) is 42.7 Å². The van der Waals surface area contributed by atoms with E-state index in [4.69, 9.17) is 17.3 Å². The largest absolute Gasteiger partial charge is 0.370 e. The second-order valence-electron chi connectivity index (χ2n) is 6.47. The Morgan fingerprint density at radius 2 is 1.88 bits per heavy atom. The Kier molecular flexibility index (Phi) is 8.65. The molecule has 1 aromatic carbocycles. The third-order valence-electron chi connectivity index (χ3n) is 4.76. The number of nitrogens with zero attached hydrogens (tertiary/aromatic N) is 1. The highest BCUT2D eigenvalue weighted by Crippen LogP contribution is 2.33. The van der Waals surface area contributed by atoms with Gasteiger partial charge in [-0.05, 0) is 56.7 Å². The van der Waals surface area contributed by atoms with Crippen molar-refractivity contribution in [2.24, 2.45) is 11.7 Å². The summed E-state index contributed by atoms with van der Waals surface area (Å²) in [6.45, 7) is 2.08. The molecule has 24 heavy (non-hydrogen) atoms. The summed E-state index contributed by atoms with van der Waals surface area (Å²) in [6.07, 6.45) is 6.29. The highest BCUT2D eigenvalue weighted by Gasteiger charge is 2.28. The predicted molar refractivity (Wildman–Crippen MR) is 106 cm³/mol. The minimum Gasteiger partial charge on any atom is -0.370 e. The van der Waals surface area contributed by atoms with Gasteiger partial charge in [0.05, 0.1) is 11.4 Å². The van der Waals surface area contributed by atoms with E-state index < -0.39 is 0 Å². The van der Waals surface area contributed by atoms with Crippen LogP contribution in [0.2, 0.25) is 5.02 Å². The quantitative estimate of drug-likeness (QED) is 0.806. The van der Waals surface area contributed by atoms with Crippen LogP contribution in [0, 0.1) is 5.92 Å². The SMILES string of the molecule is Cl.Cl.NC1CCC(C(=O)Nc2cc(Cl)ccc2N2CCCCC2)C1. The Morgan fingerprint density at radius 3 is 2.50 bits per heavy atom. The molecule has 0 aromatic heterocycles. The minimum atomic E-state index is 0. The summed E-state index contributed by atoms with van der Waals surface area (Å²) in [5.74, 6) is 0.108. The fraction of sp³-hybridized carbons (Fsp3) is 0.588. The fourth-order valence-corrected chi connectivity index (χ4v) is 3.68. The molecule has 1 aromatic rings. The molecule has 2 fully saturated rings. The van der Waals surface area contributed by atoms with Crippen molar-refractivity contribution in [2.45, 2.75) is 44.6 Å². The van der Waals surface area contributed by atoms with Gasteiger partial charge in [0.2, 0.25) is 5.91 Å². The van der Waals surface area contributed by atoms with Gasteiger partial charge in [0.25, 0.3) is 0 Å². The second-order valence-corrected chi connectivity index (χ2v) is 6.90. The maximum Gasteiger partial charge on any atom is 0.227 e. The van der Waals surface area contributed by atoms with Crippen molar-refractivity contribution < 1.29 is 4.79 Å². The van der Waals surface area contributed by atoms with Gasteiger partial charge in [-0.2, -0.15) is 0 Å². The summed E-state index contributed by atoms with van der Waals surface area (Å²) in [6, 6.07) is 5.94. The van der Waals surface area contributed by atoms with Crippen LogP contribution in [0.3, 0.4) is 0 Å². The van der Waals surface area contributed by atoms with Gasteiger partial charge in [0.15, 0.2) is 0 Å². The number of hydrogen-bond donors (Lipinski definition) is 2. The van der Waals surface area contributed by atoms with E-state index in [0.29, 0.717) is 5.02 Å². The molecule has 0 bridgehead atoms. The summed E-state index contributed by atoms with van der Waals surface area (Å²) >= 11 is 6.13. The standard InChI is InChI=1S/C17H24ClN3O.2ClH/c18-13-5-7-16(21-8-2-1-3-9-21)15(11-13)20-17(22)12-4-6-14(19)10-12;;/h5,7,11-12,14H,1-4,6,8-10,19H2,(H,20,22);2*1H. The molecule has 1 saturated carbocycles. The third kappa shape index (κ3) is 5.16. The van der Waals surface area contributed by atoms with Crippen molar-refractivity contribution in [1.29, 1.82) is 0 Å². The second kappa shape index (κ2) is 9.71. The molecule has 1 heterocycles. The molecule has 3 rings (SSSR count). The van der Waals surface area contributed by atoms with Gasteiger partial charge in [0, 0.05) is 30.1 Å². The lowest BCUT2D eigenvalue weighted by molar-refractivity contribution is -0.119. The lowest BCUT2D eigenvalue weighted by Gasteiger charge is -2.31. The molecule has 4 nitrogen and oxygen atoms in total. The van der Waals surface area contributed by atoms with Crippen LogP contribution in [-0.4, -0.2) is 25.0 Å². The molecule has 2 atom stereocenters. The molecule has 7 heteroatoms. The van der Waals surface area contributed by atoms with Crippen LogP contribution in [-0.2, 0) is 4.79 Å². The minimum absolute atomic E-state index is 0. The predicted octanol–water partition coefficient (Wildman–Crippen LogP) is 4.24. The molecule has 0 spiro atoms. The molecular formula is C17H26Cl3N3O. The van der Waals surface area contributed by atoms with Crippen LogP contribution in [0.25, 0.3) is 0 Å². The maximum atomic E-state index is 12.5. The van der Waals surface area contributed by atoms with E-state index >= 15 is 0 Å². The van der Waals surface area contributed by atoms with Gasteiger partial charge in [-0.15, -0.1) is 24.8 Å². The van der Waals surface area contributed by atoms with Gasteiger partial charge in [-0.3, -0.25) is 4.79 Å². The number of nitrogens with one attached hydrogen (secondary N) is 1. The van der Waals surface area contributed by atoms with Crippen molar-refractivity contribution in [3.63, 3.8) is 0 Å². The van der Waals surface area contributed by atoms with Crippen molar-refractivity contribution in [3.05, 3.63) is 23.2 Å². The van der Waals surface area contributed by atoms with E-state index in [1.54, 1.807) is 0 Å². The van der Waals surface area contributed by atoms with Gasteiger partial charge in [-0.1, -0.05) is 11.6 Å². The number of halogens is 3. The average molecular weight is 395 g/mol. The summed E-state index contributed by atoms with van der Waals surface area (Å²) < 4.78 is 0. The number of amides is 1. The van der Waals surface area contributed by atoms with Crippen molar-refractivity contribution in [3.8, 4) is 0 Å². The number of nitrogens with two attached hydrogens (primary N) is 1. The number of anilines is 2. The molecule has 1 aliphatic heterocycles. The van der Waals surface area contributed by atoms with E-state index in [0.717, 1.165) is 43.7 Å². The molecule has 1 amide bonds. The van der Waals surface area contributed by atoms with Gasteiger partial charge in [-0.25, -0.2) is 0 Å². The number of piperidine rings is 1. The molecule has 1 saturated heterocycles. The van der Waals surface area contributed by atoms with Crippen LogP contribution in [0.5, 0.6) is 0 Å². The molecule has 1 aliphatic carbocycles. The Morgan fingerprint density at radius 1 is 1.17 bits per heavy atom. The van der Waals surface area contributed by atoms with E-state index in [1.165, 1.54) is 19.3 Å². The topological polar surface area (TPSA) is 58.4 Å². The number of carbonyl (C=O) groups is 1. The van der Waals surface area contributed by atoms with Crippen molar-refractivity contribution in [1.82, 2.24) is 0 Å². The fourth-order valence-electron chi connectivity index (χ4n) is 3.51.